The van der Waals surface area contributed by atoms with Crippen LogP contribution in [0.2, 0.25) is 0 Å². The maximum atomic E-state index is 11.8. The number of hydrogen-bond acceptors (Lipinski definition) is 1. The third kappa shape index (κ3) is 1.69. The van der Waals surface area contributed by atoms with Crippen molar-refractivity contribution in [1.82, 2.24) is 9.78 Å². The molecule has 0 aromatic carbocycles. The molecule has 1 aromatic heterocycles. The largest absolute Gasteiger partial charge is 0.299 e. The summed E-state index contributed by atoms with van der Waals surface area (Å²) in [7, 11) is 0. The lowest BCUT2D eigenvalue weighted by atomic mass is 10.2. The topological polar surface area (TPSA) is 37.8 Å². The number of rotatable bonds is 3. The van der Waals surface area contributed by atoms with Gasteiger partial charge in [-0.05, 0) is 26.7 Å². The zero-order valence-electron chi connectivity index (χ0n) is 8.85. The molecule has 3 heteroatoms. The molecule has 1 aromatic rings. The average molecular weight is 182 g/mol. The van der Waals surface area contributed by atoms with Crippen molar-refractivity contribution in [3.8, 4) is 0 Å². The Morgan fingerprint density at radius 1 is 1.46 bits per heavy atom. The molecule has 0 aliphatic rings. The fraction of sp³-hybridized carbons (Fsp3) is 0.700. The second-order valence-corrected chi connectivity index (χ2v) is 3.50. The Hall–Kier alpha value is -0.990. The number of aryl methyl sites for hydroxylation is 1. The minimum Gasteiger partial charge on any atom is -0.299 e. The van der Waals surface area contributed by atoms with Crippen molar-refractivity contribution in [3.63, 3.8) is 0 Å². The molecular formula is C10H18N2O. The van der Waals surface area contributed by atoms with Gasteiger partial charge in [-0.3, -0.25) is 14.6 Å². The van der Waals surface area contributed by atoms with Crippen molar-refractivity contribution in [2.24, 2.45) is 0 Å². The molecule has 1 unspecified atom stereocenters. The zero-order chi connectivity index (χ0) is 10.0. The van der Waals surface area contributed by atoms with E-state index in [4.69, 9.17) is 0 Å². The second-order valence-electron chi connectivity index (χ2n) is 3.50. The molecule has 0 saturated heterocycles. The van der Waals surface area contributed by atoms with Gasteiger partial charge in [0, 0.05) is 11.3 Å². The van der Waals surface area contributed by atoms with Crippen LogP contribution in [0.3, 0.4) is 0 Å². The highest BCUT2D eigenvalue weighted by atomic mass is 16.1. The lowest BCUT2D eigenvalue weighted by Gasteiger charge is -2.08. The molecule has 0 saturated carbocycles. The van der Waals surface area contributed by atoms with Gasteiger partial charge in [-0.25, -0.2) is 0 Å². The van der Waals surface area contributed by atoms with Crippen LogP contribution in [-0.2, 0) is 6.42 Å². The van der Waals surface area contributed by atoms with Crippen LogP contribution in [0.25, 0.3) is 0 Å². The molecule has 1 N–H and O–H groups in total. The monoisotopic (exact) mass is 182 g/mol. The van der Waals surface area contributed by atoms with Crippen LogP contribution in [0, 0.1) is 6.92 Å². The molecule has 3 nitrogen and oxygen atoms in total. The van der Waals surface area contributed by atoms with Crippen molar-refractivity contribution in [3.05, 3.63) is 21.6 Å². The quantitative estimate of drug-likeness (QED) is 0.763. The first-order chi connectivity index (χ1) is 6.11. The predicted molar refractivity (Wildman–Crippen MR) is 54.2 cm³/mol. The van der Waals surface area contributed by atoms with Crippen molar-refractivity contribution in [1.29, 1.82) is 0 Å². The molecular weight excluding hydrogens is 164 g/mol. The maximum Gasteiger partial charge on any atom is 0.270 e. The summed E-state index contributed by atoms with van der Waals surface area (Å²) in [4.78, 5) is 11.8. The molecule has 0 aliphatic carbocycles. The smallest absolute Gasteiger partial charge is 0.270 e. The Balaban J connectivity index is 3.18. The highest BCUT2D eigenvalue weighted by Crippen LogP contribution is 2.08. The van der Waals surface area contributed by atoms with Crippen molar-refractivity contribution < 1.29 is 0 Å². The summed E-state index contributed by atoms with van der Waals surface area (Å²) in [6.07, 6.45) is 1.79. The van der Waals surface area contributed by atoms with Gasteiger partial charge < -0.3 is 0 Å². The Kier molecular flexibility index (Phi) is 2.96. The molecule has 0 radical (unpaired) electrons. The van der Waals surface area contributed by atoms with E-state index < -0.39 is 0 Å². The van der Waals surface area contributed by atoms with Crippen molar-refractivity contribution >= 4 is 0 Å². The summed E-state index contributed by atoms with van der Waals surface area (Å²) in [5, 5.41) is 3.12. The minimum atomic E-state index is 0.148. The minimum absolute atomic E-state index is 0.148. The molecule has 0 fully saturated rings. The highest BCUT2D eigenvalue weighted by Gasteiger charge is 2.11. The van der Waals surface area contributed by atoms with Crippen LogP contribution >= 0.6 is 0 Å². The van der Waals surface area contributed by atoms with E-state index in [9.17, 15) is 4.79 Å². The molecule has 1 heterocycles. The summed E-state index contributed by atoms with van der Waals surface area (Å²) in [6.45, 7) is 8.10. The molecule has 13 heavy (non-hydrogen) atoms. The van der Waals surface area contributed by atoms with Crippen molar-refractivity contribution in [2.75, 3.05) is 0 Å². The van der Waals surface area contributed by atoms with E-state index >= 15 is 0 Å². The van der Waals surface area contributed by atoms with Gasteiger partial charge in [0.25, 0.3) is 5.56 Å². The summed E-state index contributed by atoms with van der Waals surface area (Å²) in [6, 6.07) is 0.270. The number of nitrogens with zero attached hydrogens (tertiary/aromatic N) is 1. The lowest BCUT2D eigenvalue weighted by Crippen LogP contribution is -2.21. The van der Waals surface area contributed by atoms with Crippen LogP contribution < -0.4 is 5.56 Å². The van der Waals surface area contributed by atoms with Crippen molar-refractivity contribution in [2.45, 2.75) is 46.6 Å². The van der Waals surface area contributed by atoms with Crippen LogP contribution in [0.5, 0.6) is 0 Å². The molecule has 0 bridgehead atoms. The molecule has 0 aliphatic heterocycles. The fourth-order valence-electron chi connectivity index (χ4n) is 1.51. The lowest BCUT2D eigenvalue weighted by molar-refractivity contribution is 0.462. The van der Waals surface area contributed by atoms with Gasteiger partial charge >= 0.3 is 0 Å². The van der Waals surface area contributed by atoms with Crippen LogP contribution in [-0.4, -0.2) is 9.78 Å². The van der Waals surface area contributed by atoms with Gasteiger partial charge in [0.05, 0.1) is 6.04 Å². The Bertz CT molecular complexity index is 335. The zero-order valence-corrected chi connectivity index (χ0v) is 8.85. The first-order valence-corrected chi connectivity index (χ1v) is 4.91. The fourth-order valence-corrected chi connectivity index (χ4v) is 1.51. The molecule has 74 valence electrons. The number of nitrogens with one attached hydrogen (secondary N) is 1. The van der Waals surface area contributed by atoms with Gasteiger partial charge in [-0.15, -0.1) is 0 Å². The van der Waals surface area contributed by atoms with Crippen LogP contribution in [0.15, 0.2) is 4.79 Å². The van der Waals surface area contributed by atoms with E-state index in [1.54, 1.807) is 4.68 Å². The summed E-state index contributed by atoms with van der Waals surface area (Å²) < 4.78 is 1.73. The second kappa shape index (κ2) is 3.81. The highest BCUT2D eigenvalue weighted by molar-refractivity contribution is 5.15. The SMILES string of the molecule is CCc1c(C)[nH]n(C(C)CC)c1=O. The standard InChI is InChI=1S/C10H18N2O/c1-5-7(3)12-10(13)9(6-2)8(4)11-12/h7,11H,5-6H2,1-4H3. The normalized spacial score (nSPS) is 13.2. The third-order valence-electron chi connectivity index (χ3n) is 2.60. The molecule has 1 atom stereocenters. The summed E-state index contributed by atoms with van der Waals surface area (Å²) in [5.74, 6) is 0. The Morgan fingerprint density at radius 3 is 2.46 bits per heavy atom. The van der Waals surface area contributed by atoms with Crippen LogP contribution in [0.1, 0.15) is 44.5 Å². The number of H-pyrrole nitrogens is 1. The summed E-state index contributed by atoms with van der Waals surface area (Å²) >= 11 is 0. The van der Waals surface area contributed by atoms with E-state index in [1.807, 2.05) is 13.8 Å². The van der Waals surface area contributed by atoms with Gasteiger partial charge in [-0.1, -0.05) is 13.8 Å². The van der Waals surface area contributed by atoms with E-state index in [0.717, 1.165) is 24.1 Å². The molecule has 0 spiro atoms. The first-order valence-electron chi connectivity index (χ1n) is 4.91. The van der Waals surface area contributed by atoms with Gasteiger partial charge in [0.2, 0.25) is 0 Å². The average Bonchev–Trinajstić information content (AvgIpc) is 2.40. The van der Waals surface area contributed by atoms with Crippen LogP contribution in [0.4, 0.5) is 0 Å². The number of hydrogen-bond donors (Lipinski definition) is 1. The van der Waals surface area contributed by atoms with Gasteiger partial charge in [-0.2, -0.15) is 0 Å². The first kappa shape index (κ1) is 10.1. The Labute approximate surface area is 78.8 Å². The van der Waals surface area contributed by atoms with E-state index in [0.29, 0.717) is 0 Å². The number of aromatic nitrogens is 2. The Morgan fingerprint density at radius 2 is 2.08 bits per heavy atom. The third-order valence-corrected chi connectivity index (χ3v) is 2.60. The summed E-state index contributed by atoms with van der Waals surface area (Å²) in [5.41, 5.74) is 2.07. The molecule has 0 amide bonds. The molecule has 1 rings (SSSR count). The van der Waals surface area contributed by atoms with Gasteiger partial charge in [0.15, 0.2) is 0 Å². The van der Waals surface area contributed by atoms with E-state index in [2.05, 4.69) is 18.9 Å². The maximum absolute atomic E-state index is 11.8. The number of aromatic amines is 1. The van der Waals surface area contributed by atoms with E-state index in [-0.39, 0.29) is 11.6 Å². The predicted octanol–water partition coefficient (Wildman–Crippen LogP) is 2.02. The van der Waals surface area contributed by atoms with E-state index in [1.165, 1.54) is 0 Å². The van der Waals surface area contributed by atoms with Gasteiger partial charge in [0.1, 0.15) is 0 Å².